The van der Waals surface area contributed by atoms with Crippen molar-refractivity contribution in [2.75, 3.05) is 13.2 Å². The van der Waals surface area contributed by atoms with E-state index >= 15 is 4.39 Å². The molecule has 5 rings (SSSR count). The van der Waals surface area contributed by atoms with Gasteiger partial charge in [-0.15, -0.1) is 0 Å². The lowest BCUT2D eigenvalue weighted by molar-refractivity contribution is 0.200. The summed E-state index contributed by atoms with van der Waals surface area (Å²) < 4.78 is 45.6. The highest BCUT2D eigenvalue weighted by molar-refractivity contribution is 7.99. The lowest BCUT2D eigenvalue weighted by atomic mass is 10.0. The Morgan fingerprint density at radius 1 is 0.659 bits per heavy atom. The van der Waals surface area contributed by atoms with Crippen LogP contribution in [0.2, 0.25) is 0 Å². The Morgan fingerprint density at radius 3 is 1.71 bits per heavy atom. The van der Waals surface area contributed by atoms with Crippen LogP contribution < -0.4 is 4.74 Å². The standard InChI is InChI=1S/C27H20F2O3S2.C6H5F/c28-19-6-8-20(9-7-19)33-21-10-12-22(13-11-21)34-26-17-25(32-15-14-30)23(16-24(26)29)27(31)18-4-2-1-3-5-18;7-6-4-2-1-3-5-6/h1-13,16-17,30H,14-15H2;1-5H/p+1. The molecule has 0 unspecified atom stereocenters. The van der Waals surface area contributed by atoms with Crippen molar-refractivity contribution >= 4 is 29.3 Å². The topological polar surface area (TPSA) is 50.9 Å². The number of benzene rings is 5. The lowest BCUT2D eigenvalue weighted by Crippen LogP contribution is -2.10. The van der Waals surface area contributed by atoms with E-state index in [1.54, 1.807) is 54.6 Å². The molecule has 0 atom stereocenters. The maximum absolute atomic E-state index is 15.0. The predicted molar refractivity (Wildman–Crippen MR) is 158 cm³/mol. The minimum Gasteiger partial charge on any atom is -0.490 e. The summed E-state index contributed by atoms with van der Waals surface area (Å²) >= 11 is 2.73. The Bertz CT molecular complexity index is 1550. The molecule has 208 valence electrons. The molecule has 0 aliphatic rings. The monoisotopic (exact) mass is 591 g/mol. The van der Waals surface area contributed by atoms with Gasteiger partial charge in [0.05, 0.1) is 17.1 Å². The van der Waals surface area contributed by atoms with Gasteiger partial charge in [-0.2, -0.15) is 0 Å². The molecule has 3 nitrogen and oxygen atoms in total. The molecule has 0 aliphatic heterocycles. The van der Waals surface area contributed by atoms with Crippen LogP contribution >= 0.6 is 23.5 Å². The number of hydrogen-bond acceptors (Lipinski definition) is 4. The third kappa shape index (κ3) is 9.01. The van der Waals surface area contributed by atoms with Gasteiger partial charge in [-0.25, -0.2) is 13.2 Å². The molecule has 0 radical (unpaired) electrons. The van der Waals surface area contributed by atoms with Crippen molar-refractivity contribution < 1.29 is 27.8 Å². The van der Waals surface area contributed by atoms with E-state index in [0.29, 0.717) is 10.5 Å². The molecule has 0 saturated heterocycles. The van der Waals surface area contributed by atoms with Crippen LogP contribution in [-0.2, 0) is 0 Å². The van der Waals surface area contributed by atoms with E-state index in [-0.39, 0.29) is 41.9 Å². The van der Waals surface area contributed by atoms with Crippen LogP contribution in [0.5, 0.6) is 5.75 Å². The molecule has 0 amide bonds. The van der Waals surface area contributed by atoms with Crippen molar-refractivity contribution in [2.24, 2.45) is 0 Å². The van der Waals surface area contributed by atoms with Crippen LogP contribution in [0.25, 0.3) is 0 Å². The SMILES string of the molecule is Fc1ccccc1.OCCOc1cc(Sc2ccc(Sc3ccc(F)cc3)cc2)c(F)cc1C(=[OH+])c1ccccc1. The highest BCUT2D eigenvalue weighted by Crippen LogP contribution is 2.37. The van der Waals surface area contributed by atoms with Crippen molar-refractivity contribution in [1.29, 1.82) is 0 Å². The molecule has 0 aromatic heterocycles. The normalized spacial score (nSPS) is 10.4. The van der Waals surface area contributed by atoms with Crippen molar-refractivity contribution in [3.05, 3.63) is 150 Å². The molecule has 5 aromatic carbocycles. The van der Waals surface area contributed by atoms with E-state index in [2.05, 4.69) is 0 Å². The number of hydrogen-bond donors (Lipinski definition) is 1. The first kappa shape index (κ1) is 30.0. The van der Waals surface area contributed by atoms with Gasteiger partial charge in [-0.1, -0.05) is 59.9 Å². The van der Waals surface area contributed by atoms with E-state index < -0.39 is 5.82 Å². The Kier molecular flexibility index (Phi) is 11.1. The fourth-order valence-corrected chi connectivity index (χ4v) is 5.25. The van der Waals surface area contributed by atoms with Gasteiger partial charge in [0.2, 0.25) is 0 Å². The number of aliphatic hydroxyl groups excluding tert-OH is 1. The largest absolute Gasteiger partial charge is 0.490 e. The molecule has 0 fully saturated rings. The van der Waals surface area contributed by atoms with Gasteiger partial charge < -0.3 is 9.84 Å². The zero-order valence-electron chi connectivity index (χ0n) is 21.7. The van der Waals surface area contributed by atoms with E-state index in [1.807, 2.05) is 30.3 Å². The molecule has 0 bridgehead atoms. The first-order valence-electron chi connectivity index (χ1n) is 12.5. The first-order chi connectivity index (χ1) is 19.9. The smallest absolute Gasteiger partial charge is 0.358 e. The maximum atomic E-state index is 15.0. The summed E-state index contributed by atoms with van der Waals surface area (Å²) in [5, 5.41) is 9.18. The van der Waals surface area contributed by atoms with Crippen LogP contribution in [0.1, 0.15) is 11.1 Å². The van der Waals surface area contributed by atoms with Crippen molar-refractivity contribution in [3.8, 4) is 5.75 Å². The summed E-state index contributed by atoms with van der Waals surface area (Å²) in [5.41, 5.74) is 0.748. The van der Waals surface area contributed by atoms with Gasteiger partial charge in [0, 0.05) is 14.7 Å². The number of ketones is 1. The van der Waals surface area contributed by atoms with Gasteiger partial charge in [0.25, 0.3) is 0 Å². The number of halogens is 3. The minimum absolute atomic E-state index is 0.0140. The molecule has 8 heteroatoms. The van der Waals surface area contributed by atoms with Crippen molar-refractivity contribution in [2.45, 2.75) is 19.6 Å². The van der Waals surface area contributed by atoms with Crippen LogP contribution in [0, 0.1) is 17.5 Å². The average molecular weight is 592 g/mol. The fourth-order valence-electron chi connectivity index (χ4n) is 3.58. The van der Waals surface area contributed by atoms with Crippen LogP contribution in [0.4, 0.5) is 13.2 Å². The van der Waals surface area contributed by atoms with Gasteiger partial charge >= 0.3 is 5.78 Å². The third-order valence-electron chi connectivity index (χ3n) is 5.52. The fraction of sp³-hybridized carbons (Fsp3) is 0.0606. The summed E-state index contributed by atoms with van der Waals surface area (Å²) in [6.07, 6.45) is 0. The Balaban J connectivity index is 0.000000483. The van der Waals surface area contributed by atoms with Crippen LogP contribution in [-0.4, -0.2) is 28.9 Å². The summed E-state index contributed by atoms with van der Waals surface area (Å²) in [7, 11) is 0. The minimum atomic E-state index is -0.497. The Labute approximate surface area is 245 Å². The van der Waals surface area contributed by atoms with Crippen molar-refractivity contribution in [1.82, 2.24) is 0 Å². The van der Waals surface area contributed by atoms with Crippen LogP contribution in [0.3, 0.4) is 0 Å². The predicted octanol–water partition coefficient (Wildman–Crippen LogP) is 8.41. The molecular weight excluding hydrogens is 565 g/mol. The molecule has 0 heterocycles. The molecule has 0 saturated carbocycles. The second-order valence-corrected chi connectivity index (χ2v) is 10.8. The summed E-state index contributed by atoms with van der Waals surface area (Å²) in [6.45, 7) is -0.196. The van der Waals surface area contributed by atoms with E-state index in [1.165, 1.54) is 59.9 Å². The van der Waals surface area contributed by atoms with Crippen molar-refractivity contribution in [3.63, 3.8) is 0 Å². The highest BCUT2D eigenvalue weighted by Gasteiger charge is 2.24. The number of rotatable bonds is 9. The summed E-state index contributed by atoms with van der Waals surface area (Å²) in [5.74, 6) is -0.777. The zero-order valence-corrected chi connectivity index (χ0v) is 23.3. The zero-order chi connectivity index (χ0) is 29.0. The van der Waals surface area contributed by atoms with Gasteiger partial charge in [0.1, 0.15) is 35.4 Å². The second kappa shape index (κ2) is 15.1. The van der Waals surface area contributed by atoms with E-state index in [0.717, 1.165) is 14.7 Å². The molecule has 2 N–H and O–H groups in total. The molecule has 5 aromatic rings. The lowest BCUT2D eigenvalue weighted by Gasteiger charge is -2.12. The number of ether oxygens (including phenoxy) is 1. The van der Waals surface area contributed by atoms with Crippen LogP contribution in [0.15, 0.2) is 141 Å². The van der Waals surface area contributed by atoms with E-state index in [9.17, 15) is 18.7 Å². The second-order valence-electron chi connectivity index (χ2n) is 8.49. The van der Waals surface area contributed by atoms with E-state index in [4.69, 9.17) is 4.74 Å². The Hall–Kier alpha value is -3.98. The molecule has 41 heavy (non-hydrogen) atoms. The van der Waals surface area contributed by atoms with Gasteiger partial charge in [-0.3, -0.25) is 4.79 Å². The molecule has 0 spiro atoms. The highest BCUT2D eigenvalue weighted by atomic mass is 32.2. The van der Waals surface area contributed by atoms with Gasteiger partial charge in [0.15, 0.2) is 0 Å². The third-order valence-corrected chi connectivity index (χ3v) is 7.58. The summed E-state index contributed by atoms with van der Waals surface area (Å²) in [4.78, 5) is 13.8. The quantitative estimate of drug-likeness (QED) is 0.138. The summed E-state index contributed by atoms with van der Waals surface area (Å²) in [6, 6.07) is 33.4. The Morgan fingerprint density at radius 2 is 1.17 bits per heavy atom. The number of carbonyl (C=O) groups excluding carboxylic acids is 1. The number of aliphatic hydroxyl groups is 1. The first-order valence-corrected chi connectivity index (χ1v) is 14.2. The molecule has 0 aliphatic carbocycles. The maximum Gasteiger partial charge on any atom is 0.358 e. The molecular formula is C33H26F3O3S2+. The average Bonchev–Trinajstić information content (AvgIpc) is 3.00. The van der Waals surface area contributed by atoms with Gasteiger partial charge in [-0.05, 0) is 84.9 Å².